The first-order chi connectivity index (χ1) is 8.63. The molecule has 0 bridgehead atoms. The number of aliphatic hydroxyl groups excluding tert-OH is 1. The van der Waals surface area contributed by atoms with E-state index < -0.39 is 6.10 Å². The van der Waals surface area contributed by atoms with Crippen LogP contribution in [0.2, 0.25) is 0 Å². The van der Waals surface area contributed by atoms with Gasteiger partial charge < -0.3 is 20.3 Å². The molecule has 0 aromatic carbocycles. The molecule has 1 heterocycles. The van der Waals surface area contributed by atoms with Gasteiger partial charge in [-0.25, -0.2) is 4.98 Å². The van der Waals surface area contributed by atoms with Gasteiger partial charge in [-0.15, -0.1) is 11.8 Å². The van der Waals surface area contributed by atoms with Gasteiger partial charge in [0.15, 0.2) is 0 Å². The number of hydrogen-bond acceptors (Lipinski definition) is 6. The number of rotatable bonds is 8. The number of anilines is 1. The van der Waals surface area contributed by atoms with E-state index in [0.29, 0.717) is 18.0 Å². The molecule has 0 spiro atoms. The van der Waals surface area contributed by atoms with E-state index in [1.165, 1.54) is 11.8 Å². The Morgan fingerprint density at radius 1 is 1.50 bits per heavy atom. The van der Waals surface area contributed by atoms with Gasteiger partial charge in [0.2, 0.25) is 0 Å². The van der Waals surface area contributed by atoms with Crippen molar-refractivity contribution in [2.75, 3.05) is 31.8 Å². The summed E-state index contributed by atoms with van der Waals surface area (Å²) in [7, 11) is 1.62. The Kier molecular flexibility index (Phi) is 7.04. The summed E-state index contributed by atoms with van der Waals surface area (Å²) < 4.78 is 10.4. The predicted molar refractivity (Wildman–Crippen MR) is 72.7 cm³/mol. The molecule has 5 nitrogen and oxygen atoms in total. The van der Waals surface area contributed by atoms with Crippen molar-refractivity contribution in [1.82, 2.24) is 4.98 Å². The molecule has 1 aromatic heterocycles. The molecule has 0 saturated carbocycles. The minimum atomic E-state index is -0.546. The van der Waals surface area contributed by atoms with Crippen LogP contribution in [-0.4, -0.2) is 48.4 Å². The van der Waals surface area contributed by atoms with Crippen LogP contribution >= 0.6 is 11.8 Å². The lowest BCUT2D eigenvalue weighted by Crippen LogP contribution is -2.24. The minimum Gasteiger partial charge on any atom is -0.397 e. The van der Waals surface area contributed by atoms with Gasteiger partial charge in [0.1, 0.15) is 5.03 Å². The molecule has 0 saturated heterocycles. The van der Waals surface area contributed by atoms with Gasteiger partial charge in [0.25, 0.3) is 0 Å². The first-order valence-corrected chi connectivity index (χ1v) is 6.74. The van der Waals surface area contributed by atoms with Crippen LogP contribution in [0.4, 0.5) is 5.69 Å². The van der Waals surface area contributed by atoms with Crippen LogP contribution in [0.3, 0.4) is 0 Å². The second-order valence-corrected chi connectivity index (χ2v) is 4.97. The van der Waals surface area contributed by atoms with Gasteiger partial charge in [-0.3, -0.25) is 0 Å². The fourth-order valence-electron chi connectivity index (χ4n) is 1.31. The summed E-state index contributed by atoms with van der Waals surface area (Å²) >= 11 is 1.42. The SMILES string of the molecule is COCC(C)OCC(O)CSc1ncccc1N. The Morgan fingerprint density at radius 3 is 2.94 bits per heavy atom. The van der Waals surface area contributed by atoms with Gasteiger partial charge in [-0.1, -0.05) is 0 Å². The monoisotopic (exact) mass is 272 g/mol. The maximum atomic E-state index is 9.76. The van der Waals surface area contributed by atoms with Crippen LogP contribution in [0.5, 0.6) is 0 Å². The molecule has 0 radical (unpaired) electrons. The zero-order chi connectivity index (χ0) is 13.4. The molecule has 0 fully saturated rings. The highest BCUT2D eigenvalue weighted by molar-refractivity contribution is 7.99. The van der Waals surface area contributed by atoms with Crippen molar-refractivity contribution in [3.8, 4) is 0 Å². The molecule has 0 aliphatic heterocycles. The molecule has 0 aliphatic rings. The number of nitrogens with two attached hydrogens (primary N) is 1. The van der Waals surface area contributed by atoms with Crippen molar-refractivity contribution in [2.45, 2.75) is 24.2 Å². The van der Waals surface area contributed by atoms with Crippen LogP contribution in [0.1, 0.15) is 6.92 Å². The fourth-order valence-corrected chi connectivity index (χ4v) is 2.12. The number of nitrogens with zero attached hydrogens (tertiary/aromatic N) is 1. The molecule has 2 atom stereocenters. The van der Waals surface area contributed by atoms with E-state index >= 15 is 0 Å². The number of aliphatic hydroxyl groups is 1. The number of ether oxygens (including phenoxy) is 2. The number of thioether (sulfide) groups is 1. The molecule has 6 heteroatoms. The normalized spacial score (nSPS) is 14.4. The molecule has 1 aromatic rings. The fraction of sp³-hybridized carbons (Fsp3) is 0.583. The first kappa shape index (κ1) is 15.2. The molecular weight excluding hydrogens is 252 g/mol. The minimum absolute atomic E-state index is 0.0189. The molecule has 3 N–H and O–H groups in total. The van der Waals surface area contributed by atoms with Crippen LogP contribution in [0.15, 0.2) is 23.4 Å². The highest BCUT2D eigenvalue weighted by atomic mass is 32.2. The van der Waals surface area contributed by atoms with Gasteiger partial charge in [0, 0.05) is 19.1 Å². The first-order valence-electron chi connectivity index (χ1n) is 5.75. The zero-order valence-corrected chi connectivity index (χ0v) is 11.5. The lowest BCUT2D eigenvalue weighted by Gasteiger charge is -2.15. The summed E-state index contributed by atoms with van der Waals surface area (Å²) in [6.45, 7) is 2.71. The highest BCUT2D eigenvalue weighted by Crippen LogP contribution is 2.22. The van der Waals surface area contributed by atoms with E-state index in [2.05, 4.69) is 4.98 Å². The van der Waals surface area contributed by atoms with Crippen LogP contribution in [0.25, 0.3) is 0 Å². The predicted octanol–water partition coefficient (Wildman–Crippen LogP) is 1.17. The Balaban J connectivity index is 2.25. The average Bonchev–Trinajstić information content (AvgIpc) is 2.36. The maximum absolute atomic E-state index is 9.76. The Morgan fingerprint density at radius 2 is 2.28 bits per heavy atom. The quantitative estimate of drug-likeness (QED) is 0.692. The zero-order valence-electron chi connectivity index (χ0n) is 10.7. The molecule has 0 amide bonds. The van der Waals surface area contributed by atoms with Gasteiger partial charge in [-0.2, -0.15) is 0 Å². The van der Waals surface area contributed by atoms with Gasteiger partial charge in [0.05, 0.1) is 31.1 Å². The topological polar surface area (TPSA) is 77.6 Å². The summed E-state index contributed by atoms with van der Waals surface area (Å²) in [5, 5.41) is 10.5. The lowest BCUT2D eigenvalue weighted by molar-refractivity contribution is -0.0257. The number of aromatic nitrogens is 1. The highest BCUT2D eigenvalue weighted by Gasteiger charge is 2.10. The third-order valence-electron chi connectivity index (χ3n) is 2.19. The van der Waals surface area contributed by atoms with Crippen molar-refractivity contribution in [1.29, 1.82) is 0 Å². The third kappa shape index (κ3) is 5.68. The summed E-state index contributed by atoms with van der Waals surface area (Å²) in [6.07, 6.45) is 1.12. The van der Waals surface area contributed by atoms with Gasteiger partial charge in [-0.05, 0) is 19.1 Å². The second-order valence-electron chi connectivity index (χ2n) is 3.96. The smallest absolute Gasteiger partial charge is 0.119 e. The summed E-state index contributed by atoms with van der Waals surface area (Å²) in [5.74, 6) is 0.501. The van der Waals surface area contributed by atoms with Gasteiger partial charge >= 0.3 is 0 Å². The van der Waals surface area contributed by atoms with E-state index in [0.717, 1.165) is 5.03 Å². The summed E-state index contributed by atoms with van der Waals surface area (Å²) in [6, 6.07) is 3.57. The van der Waals surface area contributed by atoms with Crippen molar-refractivity contribution in [3.63, 3.8) is 0 Å². The number of hydrogen-bond donors (Lipinski definition) is 2. The molecule has 0 aliphatic carbocycles. The summed E-state index contributed by atoms with van der Waals surface area (Å²) in [4.78, 5) is 4.14. The number of methoxy groups -OCH3 is 1. The largest absolute Gasteiger partial charge is 0.397 e. The van der Waals surface area contributed by atoms with E-state index in [1.54, 1.807) is 25.4 Å². The van der Waals surface area contributed by atoms with E-state index in [-0.39, 0.29) is 12.7 Å². The van der Waals surface area contributed by atoms with Crippen molar-refractivity contribution >= 4 is 17.4 Å². The van der Waals surface area contributed by atoms with Crippen molar-refractivity contribution in [2.24, 2.45) is 0 Å². The van der Waals surface area contributed by atoms with E-state index in [9.17, 15) is 5.11 Å². The Labute approximate surface area is 112 Å². The lowest BCUT2D eigenvalue weighted by atomic mass is 10.4. The number of nitrogen functional groups attached to an aromatic ring is 1. The molecule has 1 rings (SSSR count). The van der Waals surface area contributed by atoms with Crippen molar-refractivity contribution < 1.29 is 14.6 Å². The standard InChI is InChI=1S/C12H20N2O3S/c1-9(6-16-2)17-7-10(15)8-18-12-11(13)4-3-5-14-12/h3-5,9-10,15H,6-8,13H2,1-2H3. The second kappa shape index (κ2) is 8.31. The molecule has 18 heavy (non-hydrogen) atoms. The summed E-state index contributed by atoms with van der Waals surface area (Å²) in [5.41, 5.74) is 6.38. The van der Waals surface area contributed by atoms with Crippen molar-refractivity contribution in [3.05, 3.63) is 18.3 Å². The maximum Gasteiger partial charge on any atom is 0.119 e. The van der Waals surface area contributed by atoms with Crippen LogP contribution in [-0.2, 0) is 9.47 Å². The van der Waals surface area contributed by atoms with Crippen LogP contribution in [0, 0.1) is 0 Å². The average molecular weight is 272 g/mol. The number of pyridine rings is 1. The Hall–Kier alpha value is -0.820. The molecule has 102 valence electrons. The van der Waals surface area contributed by atoms with E-state index in [4.69, 9.17) is 15.2 Å². The van der Waals surface area contributed by atoms with Crippen LogP contribution < -0.4 is 5.73 Å². The third-order valence-corrected chi connectivity index (χ3v) is 3.35. The molecular formula is C12H20N2O3S. The molecule has 2 unspecified atom stereocenters. The van der Waals surface area contributed by atoms with E-state index in [1.807, 2.05) is 6.92 Å². The Bertz CT molecular complexity index is 352.